The van der Waals surface area contributed by atoms with Gasteiger partial charge in [0, 0.05) is 36.8 Å². The molecule has 7 nitrogen and oxygen atoms in total. The monoisotopic (exact) mass is 417 g/mol. The molecular formula is C22H23N7S. The Labute approximate surface area is 179 Å². The lowest BCUT2D eigenvalue weighted by Crippen LogP contribution is -2.03. The van der Waals surface area contributed by atoms with Gasteiger partial charge in [0.15, 0.2) is 5.01 Å². The topological polar surface area (TPSA) is 114 Å². The van der Waals surface area contributed by atoms with Gasteiger partial charge in [-0.15, -0.1) is 10.2 Å². The van der Waals surface area contributed by atoms with Crippen LogP contribution in [0.5, 0.6) is 0 Å². The van der Waals surface area contributed by atoms with Crippen molar-refractivity contribution in [3.63, 3.8) is 0 Å². The van der Waals surface area contributed by atoms with E-state index in [1.165, 1.54) is 32.1 Å². The highest BCUT2D eigenvalue weighted by atomic mass is 32.1. The number of aromatic nitrogens is 4. The lowest BCUT2D eigenvalue weighted by molar-refractivity contribution is 0.440. The van der Waals surface area contributed by atoms with E-state index in [-0.39, 0.29) is 5.57 Å². The summed E-state index contributed by atoms with van der Waals surface area (Å²) in [6, 6.07) is 7.75. The first kappa shape index (κ1) is 20.0. The second-order valence-corrected chi connectivity index (χ2v) is 8.34. The highest BCUT2D eigenvalue weighted by Gasteiger charge is 2.21. The maximum absolute atomic E-state index is 8.99. The van der Waals surface area contributed by atoms with Gasteiger partial charge in [-0.25, -0.2) is 0 Å². The summed E-state index contributed by atoms with van der Waals surface area (Å²) in [7, 11) is 1.89. The van der Waals surface area contributed by atoms with Crippen LogP contribution in [0.4, 0.5) is 5.69 Å². The minimum Gasteiger partial charge on any atom is -0.387 e. The van der Waals surface area contributed by atoms with E-state index in [9.17, 15) is 0 Å². The van der Waals surface area contributed by atoms with Crippen LogP contribution in [0, 0.1) is 16.7 Å². The lowest BCUT2D eigenvalue weighted by Gasteiger charge is -2.18. The normalized spacial score (nSPS) is 15.0. The molecule has 0 unspecified atom stereocenters. The molecule has 0 aliphatic heterocycles. The van der Waals surface area contributed by atoms with Crippen LogP contribution >= 0.6 is 11.3 Å². The fourth-order valence-corrected chi connectivity index (χ4v) is 4.79. The molecule has 3 N–H and O–H groups in total. The number of pyridine rings is 1. The van der Waals surface area contributed by atoms with Gasteiger partial charge in [-0.05, 0) is 37.1 Å². The van der Waals surface area contributed by atoms with Gasteiger partial charge in [-0.2, -0.15) is 5.26 Å². The highest BCUT2D eigenvalue weighted by Crippen LogP contribution is 2.38. The highest BCUT2D eigenvalue weighted by molar-refractivity contribution is 7.14. The second-order valence-electron chi connectivity index (χ2n) is 7.33. The van der Waals surface area contributed by atoms with Gasteiger partial charge in [0.25, 0.3) is 0 Å². The number of rotatable bonds is 6. The molecule has 0 bridgehead atoms. The van der Waals surface area contributed by atoms with Gasteiger partial charge in [-0.1, -0.05) is 30.6 Å². The van der Waals surface area contributed by atoms with Crippen molar-refractivity contribution in [2.24, 2.45) is 0 Å². The minimum absolute atomic E-state index is 0.285. The Kier molecular flexibility index (Phi) is 6.00. The molecule has 30 heavy (non-hydrogen) atoms. The van der Waals surface area contributed by atoms with E-state index < -0.39 is 0 Å². The molecule has 1 aliphatic carbocycles. The van der Waals surface area contributed by atoms with Crippen LogP contribution in [0.3, 0.4) is 0 Å². The molecule has 3 aromatic heterocycles. The summed E-state index contributed by atoms with van der Waals surface area (Å²) < 4.78 is 0. The Bertz CT molecular complexity index is 1110. The number of nitrogens with one attached hydrogen (secondary N) is 3. The van der Waals surface area contributed by atoms with Crippen LogP contribution in [0.1, 0.15) is 48.7 Å². The molecular weight excluding hydrogens is 394 g/mol. The SMILES string of the molecule is CNc1cc(-c2ccc(/C=C(/C#N)C=N)[nH]2)ncc1-c1nnc(C2CCCCC2)s1. The van der Waals surface area contributed by atoms with E-state index in [4.69, 9.17) is 10.7 Å². The number of nitriles is 1. The third kappa shape index (κ3) is 4.16. The van der Waals surface area contributed by atoms with E-state index in [0.717, 1.165) is 44.6 Å². The van der Waals surface area contributed by atoms with Crippen LogP contribution in [0.2, 0.25) is 0 Å². The summed E-state index contributed by atoms with van der Waals surface area (Å²) in [4.78, 5) is 7.87. The molecule has 0 spiro atoms. The first-order valence-corrected chi connectivity index (χ1v) is 10.9. The molecule has 1 saturated carbocycles. The molecule has 8 heteroatoms. The average Bonchev–Trinajstić information content (AvgIpc) is 3.47. The van der Waals surface area contributed by atoms with Gasteiger partial charge >= 0.3 is 0 Å². The Morgan fingerprint density at radius 3 is 2.87 bits per heavy atom. The zero-order valence-corrected chi connectivity index (χ0v) is 17.6. The van der Waals surface area contributed by atoms with Gasteiger partial charge in [0.2, 0.25) is 0 Å². The van der Waals surface area contributed by atoms with Crippen LogP contribution < -0.4 is 5.32 Å². The van der Waals surface area contributed by atoms with Crippen molar-refractivity contribution in [3.05, 3.63) is 40.7 Å². The third-order valence-corrected chi connectivity index (χ3v) is 6.50. The van der Waals surface area contributed by atoms with Crippen LogP contribution in [0.25, 0.3) is 28.0 Å². The van der Waals surface area contributed by atoms with Crippen molar-refractivity contribution in [2.75, 3.05) is 12.4 Å². The van der Waals surface area contributed by atoms with Crippen LogP contribution in [-0.4, -0.2) is 33.4 Å². The fourth-order valence-electron chi connectivity index (χ4n) is 3.76. The summed E-state index contributed by atoms with van der Waals surface area (Å²) in [6.45, 7) is 0. The minimum atomic E-state index is 0.285. The quantitative estimate of drug-likeness (QED) is 0.375. The van der Waals surface area contributed by atoms with Gasteiger partial charge < -0.3 is 15.7 Å². The predicted molar refractivity (Wildman–Crippen MR) is 121 cm³/mol. The van der Waals surface area contributed by atoms with Crippen LogP contribution in [0.15, 0.2) is 30.0 Å². The van der Waals surface area contributed by atoms with Gasteiger partial charge in [0.1, 0.15) is 11.1 Å². The molecule has 0 aromatic carbocycles. The largest absolute Gasteiger partial charge is 0.387 e. The smallest absolute Gasteiger partial charge is 0.151 e. The number of nitrogens with zero attached hydrogens (tertiary/aromatic N) is 4. The molecule has 0 amide bonds. The summed E-state index contributed by atoms with van der Waals surface area (Å²) in [5.74, 6) is 0.542. The van der Waals surface area contributed by atoms with Crippen molar-refractivity contribution in [3.8, 4) is 28.0 Å². The Balaban J connectivity index is 1.60. The summed E-state index contributed by atoms with van der Waals surface area (Å²) in [6.07, 6.45) is 10.8. The van der Waals surface area contributed by atoms with E-state index >= 15 is 0 Å². The maximum atomic E-state index is 8.99. The second kappa shape index (κ2) is 9.01. The van der Waals surface area contributed by atoms with E-state index in [2.05, 4.69) is 25.5 Å². The molecule has 152 valence electrons. The van der Waals surface area contributed by atoms with Gasteiger partial charge in [0.05, 0.1) is 22.5 Å². The van der Waals surface area contributed by atoms with Crippen molar-refractivity contribution in [1.29, 1.82) is 10.7 Å². The number of aromatic amines is 1. The molecule has 1 aliphatic rings. The first-order valence-electron chi connectivity index (χ1n) is 10.0. The Morgan fingerprint density at radius 2 is 2.13 bits per heavy atom. The average molecular weight is 418 g/mol. The predicted octanol–water partition coefficient (Wildman–Crippen LogP) is 5.24. The standard InChI is InChI=1S/C22H23N7S/c1-25-19-10-20(18-8-7-16(27-18)9-14(11-23)12-24)26-13-17(19)22-29-28-21(30-22)15-5-3-2-4-6-15/h7-11,13,15,23,27H,2-6H2,1H3,(H,25,26)/b14-9+,23-11?. The molecule has 4 rings (SSSR count). The summed E-state index contributed by atoms with van der Waals surface area (Å²) >= 11 is 1.67. The van der Waals surface area contributed by atoms with Crippen molar-refractivity contribution in [2.45, 2.75) is 38.0 Å². The zero-order chi connectivity index (χ0) is 20.9. The Morgan fingerprint density at radius 1 is 1.30 bits per heavy atom. The molecule has 1 fully saturated rings. The molecule has 0 atom stereocenters. The maximum Gasteiger partial charge on any atom is 0.151 e. The third-order valence-electron chi connectivity index (χ3n) is 5.38. The molecule has 3 aromatic rings. The number of hydrogen-bond donors (Lipinski definition) is 3. The lowest BCUT2D eigenvalue weighted by atomic mass is 9.90. The first-order chi connectivity index (χ1) is 14.7. The summed E-state index contributed by atoms with van der Waals surface area (Å²) in [5.41, 5.74) is 4.55. The van der Waals surface area contributed by atoms with E-state index in [1.807, 2.05) is 37.5 Å². The van der Waals surface area contributed by atoms with E-state index in [1.54, 1.807) is 17.4 Å². The molecule has 0 saturated heterocycles. The summed E-state index contributed by atoms with van der Waals surface area (Å²) in [5, 5.41) is 30.4. The number of hydrogen-bond acceptors (Lipinski definition) is 7. The molecule has 0 radical (unpaired) electrons. The zero-order valence-electron chi connectivity index (χ0n) is 16.8. The Hall–Kier alpha value is -3.31. The van der Waals surface area contributed by atoms with Gasteiger partial charge in [-0.3, -0.25) is 4.98 Å². The number of allylic oxidation sites excluding steroid dienone is 1. The molecule has 3 heterocycles. The van der Waals surface area contributed by atoms with Crippen molar-refractivity contribution >= 4 is 29.3 Å². The number of anilines is 1. The fraction of sp³-hybridized carbons (Fsp3) is 0.318. The van der Waals surface area contributed by atoms with Crippen molar-refractivity contribution in [1.82, 2.24) is 20.2 Å². The van der Waals surface area contributed by atoms with E-state index in [0.29, 0.717) is 5.92 Å². The van der Waals surface area contributed by atoms with Crippen molar-refractivity contribution < 1.29 is 0 Å². The van der Waals surface area contributed by atoms with Crippen LogP contribution in [-0.2, 0) is 0 Å². The number of H-pyrrole nitrogens is 1.